The van der Waals surface area contributed by atoms with Crippen molar-refractivity contribution in [3.8, 4) is 5.75 Å². The number of carboxylic acids is 1. The standard InChI is InChI=1S/C16H15F5O3/c1-14(2,3)11-8-6-4-5-7-9(8)24-12(10(11)13(22)23)15(17,18)16(19,20)21/h4-7,12H,1-3H3,(H,22,23). The van der Waals surface area contributed by atoms with Crippen molar-refractivity contribution in [3.05, 3.63) is 35.4 Å². The maximum atomic E-state index is 13.9. The topological polar surface area (TPSA) is 46.5 Å². The maximum Gasteiger partial charge on any atom is 0.457 e. The van der Waals surface area contributed by atoms with Crippen molar-refractivity contribution in [3.63, 3.8) is 0 Å². The highest BCUT2D eigenvalue weighted by atomic mass is 19.4. The zero-order chi connectivity index (χ0) is 18.5. The third-order valence-electron chi connectivity index (χ3n) is 3.62. The zero-order valence-electron chi connectivity index (χ0n) is 13.0. The summed E-state index contributed by atoms with van der Waals surface area (Å²) in [5.74, 6) is -7.44. The lowest BCUT2D eigenvalue weighted by atomic mass is 9.75. The van der Waals surface area contributed by atoms with Gasteiger partial charge in [-0.3, -0.25) is 0 Å². The molecule has 1 aromatic carbocycles. The van der Waals surface area contributed by atoms with Crippen LogP contribution < -0.4 is 4.74 Å². The number of hydrogen-bond donors (Lipinski definition) is 1. The lowest BCUT2D eigenvalue weighted by molar-refractivity contribution is -0.303. The summed E-state index contributed by atoms with van der Waals surface area (Å²) in [6, 6.07) is 5.60. The van der Waals surface area contributed by atoms with Gasteiger partial charge in [0.15, 0.2) is 0 Å². The highest BCUT2D eigenvalue weighted by Crippen LogP contribution is 2.51. The van der Waals surface area contributed by atoms with Crippen LogP contribution in [0.1, 0.15) is 26.3 Å². The number of benzene rings is 1. The number of alkyl halides is 5. The molecule has 1 aliphatic heterocycles. The number of hydrogen-bond acceptors (Lipinski definition) is 2. The highest BCUT2D eigenvalue weighted by Gasteiger charge is 2.67. The van der Waals surface area contributed by atoms with E-state index in [9.17, 15) is 31.9 Å². The number of ether oxygens (including phenoxy) is 1. The van der Waals surface area contributed by atoms with E-state index < -0.39 is 35.2 Å². The van der Waals surface area contributed by atoms with Gasteiger partial charge in [-0.1, -0.05) is 39.0 Å². The summed E-state index contributed by atoms with van der Waals surface area (Å²) in [7, 11) is 0. The second kappa shape index (κ2) is 5.46. The van der Waals surface area contributed by atoms with Crippen molar-refractivity contribution in [1.82, 2.24) is 0 Å². The average Bonchev–Trinajstić information content (AvgIpc) is 2.42. The zero-order valence-corrected chi connectivity index (χ0v) is 13.0. The third-order valence-corrected chi connectivity index (χ3v) is 3.62. The van der Waals surface area contributed by atoms with Crippen molar-refractivity contribution in [2.75, 3.05) is 0 Å². The summed E-state index contributed by atoms with van der Waals surface area (Å²) in [5, 5.41) is 9.36. The summed E-state index contributed by atoms with van der Waals surface area (Å²) < 4.78 is 71.1. The number of carboxylic acid groups (broad SMARTS) is 1. The molecule has 0 aromatic heterocycles. The Balaban J connectivity index is 2.83. The van der Waals surface area contributed by atoms with Crippen LogP contribution in [0.3, 0.4) is 0 Å². The Morgan fingerprint density at radius 2 is 1.62 bits per heavy atom. The molecule has 1 N–H and O–H groups in total. The number of para-hydroxylation sites is 1. The van der Waals surface area contributed by atoms with Crippen LogP contribution in [0.2, 0.25) is 0 Å². The fraction of sp³-hybridized carbons (Fsp3) is 0.438. The van der Waals surface area contributed by atoms with Gasteiger partial charge in [0.25, 0.3) is 0 Å². The largest absolute Gasteiger partial charge is 0.478 e. The van der Waals surface area contributed by atoms with E-state index >= 15 is 0 Å². The van der Waals surface area contributed by atoms with Gasteiger partial charge < -0.3 is 9.84 Å². The number of fused-ring (bicyclic) bond motifs is 1. The molecule has 0 fully saturated rings. The van der Waals surface area contributed by atoms with Crippen LogP contribution in [-0.2, 0) is 4.79 Å². The number of allylic oxidation sites excluding steroid dienone is 1. The normalized spacial score (nSPS) is 18.9. The molecular formula is C16H15F5O3. The average molecular weight is 350 g/mol. The summed E-state index contributed by atoms with van der Waals surface area (Å²) in [5.41, 5.74) is -1.99. The molecule has 0 aliphatic carbocycles. The van der Waals surface area contributed by atoms with Crippen molar-refractivity contribution in [2.45, 2.75) is 39.0 Å². The molecule has 1 heterocycles. The van der Waals surface area contributed by atoms with Crippen LogP contribution >= 0.6 is 0 Å². The quantitative estimate of drug-likeness (QED) is 0.797. The van der Waals surface area contributed by atoms with Crippen LogP contribution in [0.15, 0.2) is 29.8 Å². The van der Waals surface area contributed by atoms with E-state index in [1.165, 1.54) is 45.0 Å². The lowest BCUT2D eigenvalue weighted by Gasteiger charge is -2.38. The lowest BCUT2D eigenvalue weighted by Crippen LogP contribution is -2.53. The molecule has 24 heavy (non-hydrogen) atoms. The molecule has 0 spiro atoms. The Bertz CT molecular complexity index is 698. The predicted molar refractivity (Wildman–Crippen MR) is 75.9 cm³/mol. The SMILES string of the molecule is CC(C)(C)C1=C(C(=O)O)C(C(F)(F)C(F)(F)F)Oc2ccccc21. The molecule has 2 rings (SSSR count). The van der Waals surface area contributed by atoms with E-state index in [1.54, 1.807) is 0 Å². The minimum absolute atomic E-state index is 0.106. The first-order chi connectivity index (χ1) is 10.8. The van der Waals surface area contributed by atoms with E-state index in [2.05, 4.69) is 0 Å². The van der Waals surface area contributed by atoms with Crippen molar-refractivity contribution in [2.24, 2.45) is 5.41 Å². The maximum absolute atomic E-state index is 13.9. The van der Waals surface area contributed by atoms with Gasteiger partial charge in [0.1, 0.15) is 5.75 Å². The number of rotatable bonds is 2. The fourth-order valence-electron chi connectivity index (χ4n) is 2.67. The first-order valence-corrected chi connectivity index (χ1v) is 6.97. The smallest absolute Gasteiger partial charge is 0.457 e. The number of carbonyl (C=O) groups is 1. The molecule has 0 amide bonds. The van der Waals surface area contributed by atoms with E-state index in [-0.39, 0.29) is 16.9 Å². The second-order valence-electron chi connectivity index (χ2n) is 6.46. The van der Waals surface area contributed by atoms with Crippen molar-refractivity contribution < 1.29 is 36.6 Å². The van der Waals surface area contributed by atoms with Gasteiger partial charge in [-0.2, -0.15) is 22.0 Å². The second-order valence-corrected chi connectivity index (χ2v) is 6.46. The van der Waals surface area contributed by atoms with Crippen molar-refractivity contribution in [1.29, 1.82) is 0 Å². The minimum atomic E-state index is -5.95. The van der Waals surface area contributed by atoms with Crippen LogP contribution in [0.25, 0.3) is 5.57 Å². The molecule has 1 aromatic rings. The Morgan fingerprint density at radius 1 is 1.08 bits per heavy atom. The Labute approximate surface area is 134 Å². The van der Waals surface area contributed by atoms with E-state index in [4.69, 9.17) is 4.74 Å². The third kappa shape index (κ3) is 2.85. The molecule has 1 aliphatic rings. The van der Waals surface area contributed by atoms with E-state index in [0.717, 1.165) is 0 Å². The van der Waals surface area contributed by atoms with Gasteiger partial charge >= 0.3 is 18.1 Å². The van der Waals surface area contributed by atoms with Gasteiger partial charge in [0, 0.05) is 5.56 Å². The fourth-order valence-corrected chi connectivity index (χ4v) is 2.67. The summed E-state index contributed by atoms with van der Waals surface area (Å²) in [6.07, 6.45) is -8.91. The number of halogens is 5. The van der Waals surface area contributed by atoms with Crippen LogP contribution in [0, 0.1) is 5.41 Å². The van der Waals surface area contributed by atoms with Crippen LogP contribution in [-0.4, -0.2) is 29.3 Å². The Morgan fingerprint density at radius 3 is 2.08 bits per heavy atom. The Hall–Kier alpha value is -2.12. The Kier molecular flexibility index (Phi) is 4.14. The molecule has 0 saturated carbocycles. The minimum Gasteiger partial charge on any atom is -0.478 e. The van der Waals surface area contributed by atoms with E-state index in [0.29, 0.717) is 0 Å². The van der Waals surface area contributed by atoms with Crippen molar-refractivity contribution >= 4 is 11.5 Å². The van der Waals surface area contributed by atoms with Crippen LogP contribution in [0.5, 0.6) is 5.75 Å². The molecule has 0 bridgehead atoms. The highest BCUT2D eigenvalue weighted by molar-refractivity contribution is 6.00. The first kappa shape index (κ1) is 18.2. The van der Waals surface area contributed by atoms with E-state index in [1.807, 2.05) is 0 Å². The van der Waals surface area contributed by atoms with Gasteiger partial charge in [-0.15, -0.1) is 0 Å². The summed E-state index contributed by atoms with van der Waals surface area (Å²) >= 11 is 0. The molecular weight excluding hydrogens is 335 g/mol. The molecule has 8 heteroatoms. The van der Waals surface area contributed by atoms with Gasteiger partial charge in [0.2, 0.25) is 6.10 Å². The number of aliphatic carboxylic acids is 1. The first-order valence-electron chi connectivity index (χ1n) is 6.97. The van der Waals surface area contributed by atoms with Crippen LogP contribution in [0.4, 0.5) is 22.0 Å². The molecule has 0 saturated heterocycles. The summed E-state index contributed by atoms with van der Waals surface area (Å²) in [4.78, 5) is 11.6. The van der Waals surface area contributed by atoms with Gasteiger partial charge in [-0.25, -0.2) is 4.79 Å². The molecule has 132 valence electrons. The van der Waals surface area contributed by atoms with Gasteiger partial charge in [-0.05, 0) is 17.1 Å². The summed E-state index contributed by atoms with van der Waals surface area (Å²) in [6.45, 7) is 4.61. The molecule has 1 unspecified atom stereocenters. The van der Waals surface area contributed by atoms with Gasteiger partial charge in [0.05, 0.1) is 5.57 Å². The monoisotopic (exact) mass is 350 g/mol. The molecule has 3 nitrogen and oxygen atoms in total. The molecule has 1 atom stereocenters. The predicted octanol–water partition coefficient (Wildman–Crippen LogP) is 4.53. The molecule has 0 radical (unpaired) electrons.